The Labute approximate surface area is 412 Å². The maximum atomic E-state index is 13.9. The molecular weight excluding hydrogens is 931 g/mol. The lowest BCUT2D eigenvalue weighted by Gasteiger charge is -2.30. The van der Waals surface area contributed by atoms with Gasteiger partial charge in [0.2, 0.25) is 53.2 Å². The number of hydrogen-bond acceptors (Lipinski definition) is 14. The van der Waals surface area contributed by atoms with E-state index in [1.165, 1.54) is 38.1 Å². The lowest BCUT2D eigenvalue weighted by Crippen LogP contribution is -2.62. The minimum atomic E-state index is -1.65. The molecule has 0 radical (unpaired) electrons. The molecule has 0 aromatic heterocycles. The minimum Gasteiger partial charge on any atom is -0.508 e. The summed E-state index contributed by atoms with van der Waals surface area (Å²) in [4.78, 5) is 134. The molecule has 26 nitrogen and oxygen atoms in total. The number of carboxylic acids is 1. The van der Waals surface area contributed by atoms with Crippen LogP contribution in [0.25, 0.3) is 0 Å². The molecule has 0 saturated heterocycles. The number of amides is 9. The quantitative estimate of drug-likeness (QED) is 0.0191. The number of aliphatic hydroxyl groups is 1. The lowest BCUT2D eigenvalue weighted by molar-refractivity contribution is -0.142. The van der Waals surface area contributed by atoms with Gasteiger partial charge in [-0.15, -0.1) is 0 Å². The summed E-state index contributed by atoms with van der Waals surface area (Å²) in [5.74, 6) is -10.9. The number of nitrogens with one attached hydrogen (secondary N) is 8. The van der Waals surface area contributed by atoms with Crippen molar-refractivity contribution < 1.29 is 63.3 Å². The number of aliphatic carboxylic acids is 1. The Morgan fingerprint density at radius 3 is 1.52 bits per heavy atom. The van der Waals surface area contributed by atoms with Gasteiger partial charge in [0.25, 0.3) is 0 Å². The predicted octanol–water partition coefficient (Wildman–Crippen LogP) is -4.07. The van der Waals surface area contributed by atoms with Crippen molar-refractivity contribution in [3.05, 3.63) is 29.8 Å². The SMILES string of the molecule is CC[C@H](C)[C@H](NC(=O)[C@H](CCC(N)=O)NC(=O)[C@@H](N)CCCN=C(N)N)C(=O)N[C@H](C(=O)N[C@@H](CO)C(=O)N[C@@H](C)C(=O)N[C@H](C(=O)N[C@@H](C)C(=O)N[C@@H](Cc1ccc(O)cc1)C(=O)O)C(C)C)C(C)C. The third kappa shape index (κ3) is 22.0. The zero-order valence-electron chi connectivity index (χ0n) is 41.6. The molecule has 398 valence electrons. The van der Waals surface area contributed by atoms with Crippen molar-refractivity contribution in [2.45, 2.75) is 148 Å². The topological polar surface area (TPSA) is 444 Å². The van der Waals surface area contributed by atoms with Gasteiger partial charge in [0, 0.05) is 19.4 Å². The Morgan fingerprint density at radius 1 is 0.577 bits per heavy atom. The standard InChI is InChI=1S/C45H75N13O13/c1-9-23(6)35(58-39(65)29(16-17-32(47)61)53-38(64)28(46)11-10-18-50-45(48)49)43(69)57-34(22(4)5)42(68)55-31(20-59)40(66)51-25(8)37(63)56-33(21(2)3)41(67)52-24(7)36(62)54-30(44(70)71)19-26-12-14-27(60)15-13-26/h12-15,21-25,28-31,33-35,59-60H,9-11,16-20,46H2,1-8H3,(H2,47,61)(H,51,66)(H,52,67)(H,53,64)(H,54,62)(H,55,68)(H,56,63)(H,57,69)(H,58,65)(H,70,71)(H4,48,49,50)/t23-,24-,25-,28-,29-,30-,31-,33-,34-,35-/m0/s1. The summed E-state index contributed by atoms with van der Waals surface area (Å²) in [6.07, 6.45) is 0.170. The lowest BCUT2D eigenvalue weighted by atomic mass is 9.95. The van der Waals surface area contributed by atoms with Crippen LogP contribution < -0.4 is 65.5 Å². The van der Waals surface area contributed by atoms with Crippen LogP contribution in [0.3, 0.4) is 0 Å². The third-order valence-corrected chi connectivity index (χ3v) is 11.2. The highest BCUT2D eigenvalue weighted by Crippen LogP contribution is 2.14. The Balaban J connectivity index is 3.05. The summed E-state index contributed by atoms with van der Waals surface area (Å²) in [5, 5.41) is 49.1. The summed E-state index contributed by atoms with van der Waals surface area (Å²) < 4.78 is 0. The highest BCUT2D eigenvalue weighted by Gasteiger charge is 2.36. The molecule has 10 atom stereocenters. The summed E-state index contributed by atoms with van der Waals surface area (Å²) in [7, 11) is 0. The van der Waals surface area contributed by atoms with Gasteiger partial charge in [-0.05, 0) is 68.6 Å². The molecule has 9 amide bonds. The van der Waals surface area contributed by atoms with Crippen LogP contribution in [0, 0.1) is 17.8 Å². The molecule has 0 aliphatic carbocycles. The van der Waals surface area contributed by atoms with Crippen LogP contribution in [0.15, 0.2) is 29.3 Å². The number of primary amides is 1. The molecule has 71 heavy (non-hydrogen) atoms. The van der Waals surface area contributed by atoms with Gasteiger partial charge in [-0.25, -0.2) is 4.79 Å². The maximum Gasteiger partial charge on any atom is 0.326 e. The van der Waals surface area contributed by atoms with Gasteiger partial charge in [0.05, 0.1) is 12.6 Å². The molecular formula is C45H75N13O13. The van der Waals surface area contributed by atoms with E-state index in [4.69, 9.17) is 22.9 Å². The largest absolute Gasteiger partial charge is 0.508 e. The molecule has 0 aliphatic rings. The molecule has 0 saturated carbocycles. The van der Waals surface area contributed by atoms with Gasteiger partial charge in [0.15, 0.2) is 5.96 Å². The van der Waals surface area contributed by atoms with Crippen LogP contribution in [0.2, 0.25) is 0 Å². The Bertz CT molecular complexity index is 2030. The van der Waals surface area contributed by atoms with Gasteiger partial charge in [-0.3, -0.25) is 48.1 Å². The average molecular weight is 1010 g/mol. The van der Waals surface area contributed by atoms with Gasteiger partial charge in [0.1, 0.15) is 54.1 Å². The van der Waals surface area contributed by atoms with Crippen molar-refractivity contribution >= 4 is 65.1 Å². The zero-order valence-corrected chi connectivity index (χ0v) is 41.6. The molecule has 1 rings (SSSR count). The molecule has 1 aromatic carbocycles. The number of carboxylic acid groups (broad SMARTS) is 1. The van der Waals surface area contributed by atoms with E-state index >= 15 is 0 Å². The van der Waals surface area contributed by atoms with E-state index in [1.54, 1.807) is 41.5 Å². The smallest absolute Gasteiger partial charge is 0.326 e. The molecule has 0 bridgehead atoms. The molecule has 19 N–H and O–H groups in total. The van der Waals surface area contributed by atoms with E-state index in [9.17, 15) is 63.3 Å². The summed E-state index contributed by atoms with van der Waals surface area (Å²) in [6, 6.07) is -6.27. The number of aliphatic hydroxyl groups excluding tert-OH is 1. The number of nitrogens with two attached hydrogens (primary N) is 4. The van der Waals surface area contributed by atoms with Gasteiger partial charge in [-0.2, -0.15) is 0 Å². The van der Waals surface area contributed by atoms with E-state index < -0.39 is 138 Å². The number of hydrogen-bond donors (Lipinski definition) is 15. The van der Waals surface area contributed by atoms with Crippen LogP contribution in [-0.2, 0) is 54.4 Å². The summed E-state index contributed by atoms with van der Waals surface area (Å²) in [6.45, 7) is 11.6. The average Bonchev–Trinajstić information content (AvgIpc) is 3.29. The van der Waals surface area contributed by atoms with Crippen LogP contribution in [0.1, 0.15) is 93.1 Å². The number of aromatic hydroxyl groups is 1. The summed E-state index contributed by atoms with van der Waals surface area (Å²) >= 11 is 0. The fourth-order valence-corrected chi connectivity index (χ4v) is 6.60. The second-order valence-electron chi connectivity index (χ2n) is 17.9. The Hall–Kier alpha value is -7.09. The highest BCUT2D eigenvalue weighted by molar-refractivity contribution is 5.98. The van der Waals surface area contributed by atoms with Crippen molar-refractivity contribution in [1.82, 2.24) is 42.5 Å². The molecule has 0 aliphatic heterocycles. The molecule has 0 spiro atoms. The van der Waals surface area contributed by atoms with Gasteiger partial charge >= 0.3 is 5.97 Å². The fourth-order valence-electron chi connectivity index (χ4n) is 6.60. The number of aliphatic imine (C=N–C) groups is 1. The molecule has 26 heteroatoms. The molecule has 0 unspecified atom stereocenters. The van der Waals surface area contributed by atoms with E-state index in [1.807, 2.05) is 0 Å². The Morgan fingerprint density at radius 2 is 1.03 bits per heavy atom. The first-order chi connectivity index (χ1) is 33.1. The van der Waals surface area contributed by atoms with Crippen molar-refractivity contribution in [3.8, 4) is 5.75 Å². The van der Waals surface area contributed by atoms with Crippen molar-refractivity contribution in [3.63, 3.8) is 0 Å². The van der Waals surface area contributed by atoms with Gasteiger partial charge in [-0.1, -0.05) is 60.1 Å². The second-order valence-corrected chi connectivity index (χ2v) is 17.9. The van der Waals surface area contributed by atoms with Crippen LogP contribution in [0.5, 0.6) is 5.75 Å². The van der Waals surface area contributed by atoms with Gasteiger partial charge < -0.3 is 80.8 Å². The number of benzene rings is 1. The summed E-state index contributed by atoms with van der Waals surface area (Å²) in [5.41, 5.74) is 22.5. The molecule has 1 aromatic rings. The van der Waals surface area contributed by atoms with E-state index in [2.05, 4.69) is 47.5 Å². The third-order valence-electron chi connectivity index (χ3n) is 11.2. The Kier molecular flexibility index (Phi) is 26.6. The highest BCUT2D eigenvalue weighted by atomic mass is 16.4. The van der Waals surface area contributed by atoms with E-state index in [0.29, 0.717) is 18.4 Å². The first-order valence-corrected chi connectivity index (χ1v) is 23.3. The first kappa shape index (κ1) is 61.9. The number of phenolic OH excluding ortho intramolecular Hbond substituents is 1. The fraction of sp³-hybridized carbons (Fsp3) is 0.622. The second kappa shape index (κ2) is 30.5. The van der Waals surface area contributed by atoms with Crippen LogP contribution in [0.4, 0.5) is 0 Å². The zero-order chi connectivity index (χ0) is 54.3. The number of nitrogens with zero attached hydrogens (tertiary/aromatic N) is 1. The van der Waals surface area contributed by atoms with E-state index in [-0.39, 0.29) is 43.9 Å². The van der Waals surface area contributed by atoms with Crippen LogP contribution >= 0.6 is 0 Å². The molecule has 0 heterocycles. The number of guanidine groups is 1. The van der Waals surface area contributed by atoms with Crippen LogP contribution in [-0.4, -0.2) is 148 Å². The maximum absolute atomic E-state index is 13.9. The van der Waals surface area contributed by atoms with Crippen molar-refractivity contribution in [2.24, 2.45) is 45.7 Å². The first-order valence-electron chi connectivity index (χ1n) is 23.3. The van der Waals surface area contributed by atoms with Crippen molar-refractivity contribution in [1.29, 1.82) is 0 Å². The predicted molar refractivity (Wildman–Crippen MR) is 259 cm³/mol. The number of rotatable bonds is 31. The number of carbonyl (C=O) groups excluding carboxylic acids is 9. The van der Waals surface area contributed by atoms with E-state index in [0.717, 1.165) is 0 Å². The monoisotopic (exact) mass is 1010 g/mol. The molecule has 0 fully saturated rings. The normalized spacial score (nSPS) is 15.3. The minimum absolute atomic E-state index is 0.0305. The number of carbonyl (C=O) groups is 10. The van der Waals surface area contributed by atoms with Crippen molar-refractivity contribution in [2.75, 3.05) is 13.2 Å². The number of phenols is 1.